The number of hydrogen-bond acceptors (Lipinski definition) is 5. The van der Waals surface area contributed by atoms with Crippen LogP contribution in [0.1, 0.15) is 28.4 Å². The minimum absolute atomic E-state index is 0.138. The second kappa shape index (κ2) is 6.71. The van der Waals surface area contributed by atoms with Gasteiger partial charge in [-0.15, -0.1) is 0 Å². The molecule has 2 heterocycles. The number of carbonyl (C=O) groups is 2. The van der Waals surface area contributed by atoms with E-state index in [1.54, 1.807) is 30.0 Å². The fourth-order valence-electron chi connectivity index (χ4n) is 3.24. The van der Waals surface area contributed by atoms with E-state index in [0.29, 0.717) is 30.2 Å². The van der Waals surface area contributed by atoms with Crippen LogP contribution in [0.5, 0.6) is 11.5 Å². The molecule has 0 unspecified atom stereocenters. The van der Waals surface area contributed by atoms with Crippen molar-refractivity contribution in [3.05, 3.63) is 59.2 Å². The molecule has 4 rings (SSSR count). The smallest absolute Gasteiger partial charge is 0.339 e. The number of benzene rings is 2. The Kier molecular flexibility index (Phi) is 4.24. The van der Waals surface area contributed by atoms with Crippen molar-refractivity contribution < 1.29 is 23.8 Å². The van der Waals surface area contributed by atoms with Gasteiger partial charge in [-0.3, -0.25) is 4.79 Å². The molecule has 6 heteroatoms. The zero-order valence-electron chi connectivity index (χ0n) is 14.4. The van der Waals surface area contributed by atoms with Gasteiger partial charge in [-0.1, -0.05) is 24.3 Å². The van der Waals surface area contributed by atoms with Crippen LogP contribution >= 0.6 is 0 Å². The molecule has 2 aliphatic heterocycles. The molecule has 0 bridgehead atoms. The third-order valence-electron chi connectivity index (χ3n) is 4.68. The Hall–Kier alpha value is -3.02. The first-order valence-electron chi connectivity index (χ1n) is 8.58. The van der Waals surface area contributed by atoms with E-state index >= 15 is 0 Å². The molecule has 0 spiro atoms. The Morgan fingerprint density at radius 3 is 2.69 bits per heavy atom. The van der Waals surface area contributed by atoms with Gasteiger partial charge < -0.3 is 19.1 Å². The zero-order chi connectivity index (χ0) is 18.1. The van der Waals surface area contributed by atoms with E-state index in [1.807, 2.05) is 18.2 Å². The normalized spacial score (nSPS) is 16.0. The molecule has 0 saturated heterocycles. The third kappa shape index (κ3) is 3.10. The van der Waals surface area contributed by atoms with Crippen LogP contribution in [0.2, 0.25) is 0 Å². The summed E-state index contributed by atoms with van der Waals surface area (Å²) >= 11 is 0. The summed E-state index contributed by atoms with van der Waals surface area (Å²) in [5, 5.41) is 0. The lowest BCUT2D eigenvalue weighted by molar-refractivity contribution is -0.140. The molecule has 0 N–H and O–H groups in total. The highest BCUT2D eigenvalue weighted by molar-refractivity contribution is 5.93. The third-order valence-corrected chi connectivity index (χ3v) is 4.68. The molecule has 2 aliphatic rings. The van der Waals surface area contributed by atoms with Gasteiger partial charge in [0.15, 0.2) is 17.6 Å². The van der Waals surface area contributed by atoms with Gasteiger partial charge in [0.25, 0.3) is 5.91 Å². The highest BCUT2D eigenvalue weighted by atomic mass is 16.7. The summed E-state index contributed by atoms with van der Waals surface area (Å²) in [5.41, 5.74) is 2.74. The number of hydrogen-bond donors (Lipinski definition) is 0. The number of esters is 1. The van der Waals surface area contributed by atoms with Crippen LogP contribution < -0.4 is 9.47 Å². The first-order valence-corrected chi connectivity index (χ1v) is 8.58. The summed E-state index contributed by atoms with van der Waals surface area (Å²) in [4.78, 5) is 26.8. The summed E-state index contributed by atoms with van der Waals surface area (Å²) in [6.07, 6.45) is -0.0386. The van der Waals surface area contributed by atoms with Crippen molar-refractivity contribution >= 4 is 11.9 Å². The maximum atomic E-state index is 12.7. The second-order valence-electron chi connectivity index (χ2n) is 6.39. The lowest BCUT2D eigenvalue weighted by Crippen LogP contribution is -2.42. The lowest BCUT2D eigenvalue weighted by atomic mass is 9.99. The number of rotatable bonds is 3. The lowest BCUT2D eigenvalue weighted by Gasteiger charge is -2.30. The van der Waals surface area contributed by atoms with Gasteiger partial charge in [-0.25, -0.2) is 4.79 Å². The van der Waals surface area contributed by atoms with E-state index in [9.17, 15) is 9.59 Å². The first kappa shape index (κ1) is 16.4. The fourth-order valence-corrected chi connectivity index (χ4v) is 3.24. The molecule has 0 aliphatic carbocycles. The number of carbonyl (C=O) groups excluding carboxylic acids is 2. The van der Waals surface area contributed by atoms with E-state index in [2.05, 4.69) is 6.07 Å². The highest BCUT2D eigenvalue weighted by Crippen LogP contribution is 2.32. The monoisotopic (exact) mass is 353 g/mol. The van der Waals surface area contributed by atoms with Crippen LogP contribution in [-0.2, 0) is 22.5 Å². The maximum absolute atomic E-state index is 12.7. The van der Waals surface area contributed by atoms with Crippen molar-refractivity contribution in [2.45, 2.75) is 26.0 Å². The van der Waals surface area contributed by atoms with Crippen molar-refractivity contribution in [3.63, 3.8) is 0 Å². The molecule has 0 fully saturated rings. The molecule has 0 saturated carbocycles. The van der Waals surface area contributed by atoms with Crippen molar-refractivity contribution in [3.8, 4) is 11.5 Å². The van der Waals surface area contributed by atoms with E-state index in [-0.39, 0.29) is 12.7 Å². The number of amides is 1. The SMILES string of the molecule is C[C@@H](OC(=O)c1ccc2c(c1)OCO2)C(=O)N1CCc2ccccc2C1. The van der Waals surface area contributed by atoms with Gasteiger partial charge in [0.1, 0.15) is 0 Å². The molecule has 1 atom stereocenters. The van der Waals surface area contributed by atoms with Crippen molar-refractivity contribution in [1.29, 1.82) is 0 Å². The first-order chi connectivity index (χ1) is 12.6. The maximum Gasteiger partial charge on any atom is 0.339 e. The van der Waals surface area contributed by atoms with Crippen LogP contribution in [-0.4, -0.2) is 36.2 Å². The second-order valence-corrected chi connectivity index (χ2v) is 6.39. The van der Waals surface area contributed by atoms with Crippen molar-refractivity contribution in [1.82, 2.24) is 4.90 Å². The molecule has 2 aromatic carbocycles. The quantitative estimate of drug-likeness (QED) is 0.794. The molecule has 2 aromatic rings. The Bertz CT molecular complexity index is 863. The average Bonchev–Trinajstić information content (AvgIpc) is 3.14. The summed E-state index contributed by atoms with van der Waals surface area (Å²) in [5.74, 6) is 0.360. The van der Waals surface area contributed by atoms with Crippen LogP contribution in [0, 0.1) is 0 Å². The van der Waals surface area contributed by atoms with Gasteiger partial charge in [-0.2, -0.15) is 0 Å². The predicted molar refractivity (Wildman–Crippen MR) is 93.0 cm³/mol. The Balaban J connectivity index is 1.41. The predicted octanol–water partition coefficient (Wildman–Crippen LogP) is 2.55. The average molecular weight is 353 g/mol. The van der Waals surface area contributed by atoms with Crippen LogP contribution in [0.15, 0.2) is 42.5 Å². The molecule has 0 radical (unpaired) electrons. The van der Waals surface area contributed by atoms with E-state index in [1.165, 1.54) is 5.56 Å². The van der Waals surface area contributed by atoms with E-state index in [4.69, 9.17) is 14.2 Å². The summed E-state index contributed by atoms with van der Waals surface area (Å²) < 4.78 is 15.9. The van der Waals surface area contributed by atoms with Crippen LogP contribution in [0.4, 0.5) is 0 Å². The molecule has 134 valence electrons. The largest absolute Gasteiger partial charge is 0.454 e. The van der Waals surface area contributed by atoms with Crippen LogP contribution in [0.25, 0.3) is 0 Å². The van der Waals surface area contributed by atoms with Gasteiger partial charge in [0.05, 0.1) is 5.56 Å². The fraction of sp³-hybridized carbons (Fsp3) is 0.300. The van der Waals surface area contributed by atoms with Gasteiger partial charge in [0.2, 0.25) is 6.79 Å². The molecular weight excluding hydrogens is 334 g/mol. The number of nitrogens with zero attached hydrogens (tertiary/aromatic N) is 1. The molecule has 1 amide bonds. The Labute approximate surface area is 151 Å². The van der Waals surface area contributed by atoms with E-state index in [0.717, 1.165) is 12.0 Å². The topological polar surface area (TPSA) is 65.1 Å². The Morgan fingerprint density at radius 1 is 1.08 bits per heavy atom. The van der Waals surface area contributed by atoms with Crippen molar-refractivity contribution in [2.24, 2.45) is 0 Å². The Morgan fingerprint density at radius 2 is 1.85 bits per heavy atom. The summed E-state index contributed by atoms with van der Waals surface area (Å²) in [6, 6.07) is 12.9. The highest BCUT2D eigenvalue weighted by Gasteiger charge is 2.27. The van der Waals surface area contributed by atoms with E-state index < -0.39 is 12.1 Å². The summed E-state index contributed by atoms with van der Waals surface area (Å²) in [6.45, 7) is 2.91. The standard InChI is InChI=1S/C20H19NO5/c1-13(19(22)21-9-8-14-4-2-3-5-16(14)11-21)26-20(23)15-6-7-17-18(10-15)25-12-24-17/h2-7,10,13H,8-9,11-12H2,1H3/t13-/m1/s1. The zero-order valence-corrected chi connectivity index (χ0v) is 14.4. The molecule has 26 heavy (non-hydrogen) atoms. The van der Waals surface area contributed by atoms with Crippen molar-refractivity contribution in [2.75, 3.05) is 13.3 Å². The molecular formula is C20H19NO5. The number of ether oxygens (including phenoxy) is 3. The minimum atomic E-state index is -0.849. The molecule has 6 nitrogen and oxygen atoms in total. The minimum Gasteiger partial charge on any atom is -0.454 e. The summed E-state index contributed by atoms with van der Waals surface area (Å²) in [7, 11) is 0. The number of fused-ring (bicyclic) bond motifs is 2. The van der Waals surface area contributed by atoms with Gasteiger partial charge >= 0.3 is 5.97 Å². The van der Waals surface area contributed by atoms with Crippen LogP contribution in [0.3, 0.4) is 0 Å². The van der Waals surface area contributed by atoms with Gasteiger partial charge in [-0.05, 0) is 42.7 Å². The van der Waals surface area contributed by atoms with Gasteiger partial charge in [0, 0.05) is 13.1 Å². The molecule has 0 aromatic heterocycles.